The fraction of sp³-hybridized carbons (Fsp3) is 0.107. The summed E-state index contributed by atoms with van der Waals surface area (Å²) in [5, 5.41) is 5.18. The Morgan fingerprint density at radius 2 is 1.16 bits per heavy atom. The lowest BCUT2D eigenvalue weighted by atomic mass is 9.74. The number of fused-ring (bicyclic) bond motifs is 10. The minimum Gasteiger partial charge on any atom is -0.310 e. The third kappa shape index (κ3) is 5.08. The summed E-state index contributed by atoms with van der Waals surface area (Å²) < 4.78 is 2.63. The molecule has 8 aromatic carbocycles. The van der Waals surface area contributed by atoms with Gasteiger partial charge in [0.1, 0.15) is 0 Å². The number of hydrogen-bond acceptors (Lipinski definition) is 2. The van der Waals surface area contributed by atoms with Crippen LogP contribution in [0.5, 0.6) is 0 Å². The lowest BCUT2D eigenvalue weighted by Gasteiger charge is -2.29. The summed E-state index contributed by atoms with van der Waals surface area (Å²) in [7, 11) is 0. The summed E-state index contributed by atoms with van der Waals surface area (Å²) in [6.45, 7) is 4.82. The maximum Gasteiger partial charge on any atom is 0.0476 e. The van der Waals surface area contributed by atoms with E-state index in [9.17, 15) is 0 Å². The molecule has 276 valence electrons. The molecule has 0 saturated heterocycles. The number of rotatable bonds is 5. The van der Waals surface area contributed by atoms with Crippen LogP contribution in [-0.2, 0) is 5.41 Å². The smallest absolute Gasteiger partial charge is 0.0476 e. The van der Waals surface area contributed by atoms with Crippen LogP contribution >= 0.6 is 11.3 Å². The molecule has 0 N–H and O–H groups in total. The standard InChI is InChI=1S/C56H41NS/c1-56(2)51-18-10-9-15-45(51)49-33-41(27-29-52(49)56)57(40-24-21-36(22-25-40)38-20-19-35-11-3-4-12-37(35)31-38)42-26-28-46-50-32-39(23-30-53(50)58-54(46)34-42)55-47-16-7-5-13-43(47)44-14-6-8-17-48(44)55/h3-34,45,51,55H,1-2H3. The highest BCUT2D eigenvalue weighted by molar-refractivity contribution is 7.25. The zero-order chi connectivity index (χ0) is 38.5. The first kappa shape index (κ1) is 33.6. The molecule has 0 spiro atoms. The van der Waals surface area contributed by atoms with E-state index in [1.54, 1.807) is 0 Å². The van der Waals surface area contributed by atoms with E-state index in [1.807, 2.05) is 11.3 Å². The Morgan fingerprint density at radius 1 is 0.483 bits per heavy atom. The van der Waals surface area contributed by atoms with Crippen LogP contribution in [-0.4, -0.2) is 0 Å². The molecular weight excluding hydrogens is 719 g/mol. The molecule has 0 fully saturated rings. The third-order valence-corrected chi connectivity index (χ3v) is 14.6. The maximum absolute atomic E-state index is 2.47. The average Bonchev–Trinajstić information content (AvgIpc) is 3.88. The van der Waals surface area contributed by atoms with Gasteiger partial charge in [-0.15, -0.1) is 11.3 Å². The van der Waals surface area contributed by atoms with Crippen molar-refractivity contribution in [2.45, 2.75) is 31.1 Å². The van der Waals surface area contributed by atoms with Crippen molar-refractivity contribution in [3.05, 3.63) is 222 Å². The largest absolute Gasteiger partial charge is 0.310 e. The molecule has 9 aromatic rings. The minimum absolute atomic E-state index is 0.0730. The summed E-state index contributed by atoms with van der Waals surface area (Å²) >= 11 is 1.90. The highest BCUT2D eigenvalue weighted by Crippen LogP contribution is 2.55. The topological polar surface area (TPSA) is 3.24 Å². The molecule has 2 heteroatoms. The SMILES string of the molecule is CC1(C)c2ccc(N(c3ccc(-c4ccc5ccccc5c4)cc3)c3ccc4c(c3)sc3ccc(C5c6ccccc6-c6ccccc65)cc34)cc2C2C=CC=CC21. The second-order valence-electron chi connectivity index (χ2n) is 16.9. The fourth-order valence-corrected chi connectivity index (χ4v) is 11.7. The summed E-state index contributed by atoms with van der Waals surface area (Å²) in [4.78, 5) is 2.47. The summed E-state index contributed by atoms with van der Waals surface area (Å²) in [5.74, 6) is 1.08. The van der Waals surface area contributed by atoms with E-state index in [0.29, 0.717) is 11.8 Å². The number of anilines is 3. The number of hydrogen-bond donors (Lipinski definition) is 0. The van der Waals surface area contributed by atoms with Crippen LogP contribution in [0.3, 0.4) is 0 Å². The van der Waals surface area contributed by atoms with Crippen molar-refractivity contribution in [2.24, 2.45) is 5.92 Å². The highest BCUT2D eigenvalue weighted by Gasteiger charge is 2.44. The van der Waals surface area contributed by atoms with Crippen molar-refractivity contribution in [1.29, 1.82) is 0 Å². The van der Waals surface area contributed by atoms with Gasteiger partial charge in [-0.3, -0.25) is 0 Å². The lowest BCUT2D eigenvalue weighted by Crippen LogP contribution is -2.24. The van der Waals surface area contributed by atoms with Gasteiger partial charge >= 0.3 is 0 Å². The van der Waals surface area contributed by atoms with Gasteiger partial charge < -0.3 is 4.90 Å². The predicted molar refractivity (Wildman–Crippen MR) is 247 cm³/mol. The van der Waals surface area contributed by atoms with Gasteiger partial charge in [0.15, 0.2) is 0 Å². The molecule has 0 aliphatic heterocycles. The van der Waals surface area contributed by atoms with E-state index >= 15 is 0 Å². The fourth-order valence-electron chi connectivity index (χ4n) is 10.6. The molecule has 1 nitrogen and oxygen atoms in total. The Morgan fingerprint density at radius 3 is 1.97 bits per heavy atom. The van der Waals surface area contributed by atoms with Crippen LogP contribution in [0.2, 0.25) is 0 Å². The average molecular weight is 760 g/mol. The molecule has 2 unspecified atom stereocenters. The summed E-state index contributed by atoms with van der Waals surface area (Å²) in [6, 6.07) is 63.9. The van der Waals surface area contributed by atoms with Crippen LogP contribution < -0.4 is 4.90 Å². The molecule has 12 rings (SSSR count). The van der Waals surface area contributed by atoms with Gasteiger partial charge in [0.05, 0.1) is 0 Å². The second kappa shape index (κ2) is 12.8. The van der Waals surface area contributed by atoms with Gasteiger partial charge in [0.2, 0.25) is 0 Å². The molecule has 3 aliphatic carbocycles. The summed E-state index contributed by atoms with van der Waals surface area (Å²) in [6.07, 6.45) is 9.28. The molecular formula is C56H41NS. The van der Waals surface area contributed by atoms with E-state index in [2.05, 4.69) is 213 Å². The van der Waals surface area contributed by atoms with E-state index in [4.69, 9.17) is 0 Å². The third-order valence-electron chi connectivity index (χ3n) is 13.4. The number of nitrogens with zero attached hydrogens (tertiary/aromatic N) is 1. The van der Waals surface area contributed by atoms with Crippen LogP contribution in [0.1, 0.15) is 53.5 Å². The molecule has 2 atom stereocenters. The zero-order valence-electron chi connectivity index (χ0n) is 32.6. The van der Waals surface area contributed by atoms with Crippen LogP contribution in [0, 0.1) is 5.92 Å². The Balaban J connectivity index is 0.978. The Hall–Kier alpha value is -6.48. The van der Waals surface area contributed by atoms with Gasteiger partial charge in [-0.05, 0) is 127 Å². The molecule has 0 saturated carbocycles. The number of benzene rings is 8. The first-order chi connectivity index (χ1) is 28.5. The maximum atomic E-state index is 2.47. The van der Waals surface area contributed by atoms with Crippen molar-refractivity contribution in [3.63, 3.8) is 0 Å². The quantitative estimate of drug-likeness (QED) is 0.169. The van der Waals surface area contributed by atoms with E-state index in [0.717, 1.165) is 5.69 Å². The summed E-state index contributed by atoms with van der Waals surface area (Å²) in [5.41, 5.74) is 15.8. The molecule has 0 radical (unpaired) electrons. The lowest BCUT2D eigenvalue weighted by molar-refractivity contribution is 0.394. The monoisotopic (exact) mass is 759 g/mol. The predicted octanol–water partition coefficient (Wildman–Crippen LogP) is 15.6. The molecule has 3 aliphatic rings. The second-order valence-corrected chi connectivity index (χ2v) is 18.0. The van der Waals surface area contributed by atoms with Gasteiger partial charge in [0.25, 0.3) is 0 Å². The Kier molecular flexibility index (Phi) is 7.40. The Labute approximate surface area is 343 Å². The van der Waals surface area contributed by atoms with Gasteiger partial charge in [0, 0.05) is 49.1 Å². The molecule has 1 aromatic heterocycles. The van der Waals surface area contributed by atoms with Crippen molar-refractivity contribution < 1.29 is 0 Å². The first-order valence-electron chi connectivity index (χ1n) is 20.5. The zero-order valence-corrected chi connectivity index (χ0v) is 33.4. The number of thiophene rings is 1. The van der Waals surface area contributed by atoms with Crippen molar-refractivity contribution in [1.82, 2.24) is 0 Å². The van der Waals surface area contributed by atoms with E-state index < -0.39 is 0 Å². The molecule has 0 amide bonds. The van der Waals surface area contributed by atoms with Gasteiger partial charge in [-0.2, -0.15) is 0 Å². The molecule has 1 heterocycles. The van der Waals surface area contributed by atoms with Crippen LogP contribution in [0.15, 0.2) is 194 Å². The van der Waals surface area contributed by atoms with Crippen molar-refractivity contribution >= 4 is 59.3 Å². The van der Waals surface area contributed by atoms with E-state index in [1.165, 1.54) is 92.4 Å². The van der Waals surface area contributed by atoms with E-state index in [-0.39, 0.29) is 11.3 Å². The Bertz CT molecular complexity index is 3130. The van der Waals surface area contributed by atoms with Crippen molar-refractivity contribution in [3.8, 4) is 22.3 Å². The van der Waals surface area contributed by atoms with Gasteiger partial charge in [-0.25, -0.2) is 0 Å². The van der Waals surface area contributed by atoms with Gasteiger partial charge in [-0.1, -0.05) is 153 Å². The molecule has 0 bridgehead atoms. The molecule has 58 heavy (non-hydrogen) atoms. The minimum atomic E-state index is 0.0730. The van der Waals surface area contributed by atoms with Crippen molar-refractivity contribution in [2.75, 3.05) is 4.90 Å². The number of allylic oxidation sites excluding steroid dienone is 4. The highest BCUT2D eigenvalue weighted by atomic mass is 32.1. The van der Waals surface area contributed by atoms with Crippen LogP contribution in [0.25, 0.3) is 53.2 Å². The van der Waals surface area contributed by atoms with Crippen LogP contribution in [0.4, 0.5) is 17.1 Å². The first-order valence-corrected chi connectivity index (χ1v) is 21.3. The normalized spacial score (nSPS) is 17.4.